The van der Waals surface area contributed by atoms with E-state index in [0.717, 1.165) is 11.6 Å². The molecule has 2 rings (SSSR count). The summed E-state index contributed by atoms with van der Waals surface area (Å²) in [6.07, 6.45) is 3.92. The van der Waals surface area contributed by atoms with E-state index in [1.165, 1.54) is 30.5 Å². The highest BCUT2D eigenvalue weighted by Gasteiger charge is 2.21. The molecule has 1 fully saturated rings. The van der Waals surface area contributed by atoms with Gasteiger partial charge >= 0.3 is 0 Å². The van der Waals surface area contributed by atoms with Crippen LogP contribution in [0.2, 0.25) is 0 Å². The predicted molar refractivity (Wildman–Crippen MR) is 66.0 cm³/mol. The first kappa shape index (κ1) is 10.3. The van der Waals surface area contributed by atoms with Crippen molar-refractivity contribution in [2.75, 3.05) is 11.1 Å². The Morgan fingerprint density at radius 1 is 1.33 bits per heavy atom. The number of hydrogen-bond donors (Lipinski definition) is 2. The molecule has 0 aliphatic heterocycles. The summed E-state index contributed by atoms with van der Waals surface area (Å²) in [5.74, 6) is 0.865. The van der Waals surface area contributed by atoms with Crippen molar-refractivity contribution in [2.45, 2.75) is 39.2 Å². The molecule has 0 spiro atoms. The van der Waals surface area contributed by atoms with Crippen molar-refractivity contribution >= 4 is 11.4 Å². The predicted octanol–water partition coefficient (Wildman–Crippen LogP) is 3.18. The van der Waals surface area contributed by atoms with Crippen LogP contribution in [0, 0.1) is 12.8 Å². The highest BCUT2D eigenvalue weighted by atomic mass is 14.9. The van der Waals surface area contributed by atoms with Gasteiger partial charge in [-0.25, -0.2) is 0 Å². The van der Waals surface area contributed by atoms with Gasteiger partial charge in [-0.05, 0) is 49.8 Å². The Kier molecular flexibility index (Phi) is 2.85. The van der Waals surface area contributed by atoms with Crippen LogP contribution in [0.25, 0.3) is 0 Å². The molecule has 82 valence electrons. The van der Waals surface area contributed by atoms with Gasteiger partial charge in [0.2, 0.25) is 0 Å². The van der Waals surface area contributed by atoms with Crippen LogP contribution in [-0.4, -0.2) is 6.04 Å². The Balaban J connectivity index is 2.07. The minimum Gasteiger partial charge on any atom is -0.399 e. The molecule has 3 N–H and O–H groups in total. The second-order valence-corrected chi connectivity index (χ2v) is 4.83. The summed E-state index contributed by atoms with van der Waals surface area (Å²) in [5.41, 5.74) is 9.11. The van der Waals surface area contributed by atoms with Crippen LogP contribution < -0.4 is 11.1 Å². The lowest BCUT2D eigenvalue weighted by atomic mass is 10.1. The molecule has 1 saturated carbocycles. The molecule has 0 radical (unpaired) electrons. The molecule has 15 heavy (non-hydrogen) atoms. The normalized spacial score (nSPS) is 25.5. The van der Waals surface area contributed by atoms with Gasteiger partial charge in [0.1, 0.15) is 0 Å². The van der Waals surface area contributed by atoms with Crippen molar-refractivity contribution in [2.24, 2.45) is 5.92 Å². The molecule has 0 amide bonds. The molecule has 2 unspecified atom stereocenters. The fraction of sp³-hybridized carbons (Fsp3) is 0.538. The van der Waals surface area contributed by atoms with Gasteiger partial charge in [-0.15, -0.1) is 0 Å². The van der Waals surface area contributed by atoms with E-state index >= 15 is 0 Å². The Hall–Kier alpha value is -1.18. The maximum absolute atomic E-state index is 5.79. The fourth-order valence-corrected chi connectivity index (χ4v) is 2.35. The summed E-state index contributed by atoms with van der Waals surface area (Å²) >= 11 is 0. The molecule has 1 aromatic rings. The van der Waals surface area contributed by atoms with Crippen molar-refractivity contribution in [3.8, 4) is 0 Å². The number of aryl methyl sites for hydroxylation is 1. The zero-order valence-electron chi connectivity index (χ0n) is 9.59. The Bertz CT molecular complexity index is 346. The average molecular weight is 204 g/mol. The summed E-state index contributed by atoms with van der Waals surface area (Å²) in [6.45, 7) is 4.45. The van der Waals surface area contributed by atoms with Crippen molar-refractivity contribution in [1.82, 2.24) is 0 Å². The van der Waals surface area contributed by atoms with Gasteiger partial charge in [0.25, 0.3) is 0 Å². The van der Waals surface area contributed by atoms with E-state index in [9.17, 15) is 0 Å². The van der Waals surface area contributed by atoms with Gasteiger partial charge in [-0.2, -0.15) is 0 Å². The molecule has 2 nitrogen and oxygen atoms in total. The van der Waals surface area contributed by atoms with Gasteiger partial charge in [0.15, 0.2) is 0 Å². The minimum absolute atomic E-state index is 0.639. The maximum atomic E-state index is 5.79. The number of hydrogen-bond acceptors (Lipinski definition) is 2. The highest BCUT2D eigenvalue weighted by molar-refractivity contribution is 5.59. The lowest BCUT2D eigenvalue weighted by Crippen LogP contribution is -2.16. The number of nitrogen functional groups attached to an aromatic ring is 1. The van der Waals surface area contributed by atoms with Gasteiger partial charge in [0, 0.05) is 17.4 Å². The number of anilines is 2. The lowest BCUT2D eigenvalue weighted by Gasteiger charge is -2.16. The third-order valence-corrected chi connectivity index (χ3v) is 3.32. The topological polar surface area (TPSA) is 38.0 Å². The Morgan fingerprint density at radius 3 is 2.80 bits per heavy atom. The standard InChI is InChI=1S/C13H20N2/c1-9-3-6-12(7-9)15-13-8-11(14)5-4-10(13)2/h4-5,8-9,12,15H,3,6-7,14H2,1-2H3. The lowest BCUT2D eigenvalue weighted by molar-refractivity contribution is 0.602. The molecule has 2 atom stereocenters. The van der Waals surface area contributed by atoms with Crippen LogP contribution in [-0.2, 0) is 0 Å². The van der Waals surface area contributed by atoms with Gasteiger partial charge in [-0.3, -0.25) is 0 Å². The molecular formula is C13H20N2. The molecule has 2 heteroatoms. The smallest absolute Gasteiger partial charge is 0.0392 e. The van der Waals surface area contributed by atoms with Crippen molar-refractivity contribution in [1.29, 1.82) is 0 Å². The number of nitrogens with one attached hydrogen (secondary N) is 1. The van der Waals surface area contributed by atoms with Crippen LogP contribution in [0.15, 0.2) is 18.2 Å². The Morgan fingerprint density at radius 2 is 2.13 bits per heavy atom. The van der Waals surface area contributed by atoms with E-state index in [4.69, 9.17) is 5.73 Å². The van der Waals surface area contributed by atoms with Crippen molar-refractivity contribution in [3.05, 3.63) is 23.8 Å². The maximum Gasteiger partial charge on any atom is 0.0392 e. The van der Waals surface area contributed by atoms with Crippen LogP contribution in [0.4, 0.5) is 11.4 Å². The monoisotopic (exact) mass is 204 g/mol. The summed E-state index contributed by atoms with van der Waals surface area (Å²) in [6, 6.07) is 6.71. The molecule has 0 bridgehead atoms. The quantitative estimate of drug-likeness (QED) is 0.726. The van der Waals surface area contributed by atoms with Crippen LogP contribution in [0.3, 0.4) is 0 Å². The average Bonchev–Trinajstić information content (AvgIpc) is 2.58. The molecule has 0 saturated heterocycles. The molecule has 0 heterocycles. The SMILES string of the molecule is Cc1ccc(N)cc1NC1CCC(C)C1. The zero-order chi connectivity index (χ0) is 10.8. The largest absolute Gasteiger partial charge is 0.399 e. The van der Waals surface area contributed by atoms with E-state index in [1.807, 2.05) is 12.1 Å². The second kappa shape index (κ2) is 4.13. The summed E-state index contributed by atoms with van der Waals surface area (Å²) < 4.78 is 0. The highest BCUT2D eigenvalue weighted by Crippen LogP contribution is 2.29. The summed E-state index contributed by atoms with van der Waals surface area (Å²) in [4.78, 5) is 0. The van der Waals surface area contributed by atoms with Crippen LogP contribution >= 0.6 is 0 Å². The van der Waals surface area contributed by atoms with Crippen LogP contribution in [0.5, 0.6) is 0 Å². The first-order valence-electron chi connectivity index (χ1n) is 5.78. The number of benzene rings is 1. The van der Waals surface area contributed by atoms with Gasteiger partial charge in [0.05, 0.1) is 0 Å². The summed E-state index contributed by atoms with van der Waals surface area (Å²) in [5, 5.41) is 3.60. The summed E-state index contributed by atoms with van der Waals surface area (Å²) in [7, 11) is 0. The van der Waals surface area contributed by atoms with E-state index in [2.05, 4.69) is 25.2 Å². The molecule has 1 aromatic carbocycles. The minimum atomic E-state index is 0.639. The number of rotatable bonds is 2. The fourth-order valence-electron chi connectivity index (χ4n) is 2.35. The third-order valence-electron chi connectivity index (χ3n) is 3.32. The molecule has 1 aliphatic carbocycles. The zero-order valence-corrected chi connectivity index (χ0v) is 9.59. The Labute approximate surface area is 91.9 Å². The molecule has 1 aliphatic rings. The second-order valence-electron chi connectivity index (χ2n) is 4.83. The molecule has 0 aromatic heterocycles. The van der Waals surface area contributed by atoms with Crippen molar-refractivity contribution < 1.29 is 0 Å². The molecular weight excluding hydrogens is 184 g/mol. The van der Waals surface area contributed by atoms with Crippen LogP contribution in [0.1, 0.15) is 31.7 Å². The van der Waals surface area contributed by atoms with Crippen molar-refractivity contribution in [3.63, 3.8) is 0 Å². The third kappa shape index (κ3) is 2.44. The van der Waals surface area contributed by atoms with Gasteiger partial charge < -0.3 is 11.1 Å². The van der Waals surface area contributed by atoms with Gasteiger partial charge in [-0.1, -0.05) is 13.0 Å². The first-order chi connectivity index (χ1) is 7.15. The van der Waals surface area contributed by atoms with E-state index < -0.39 is 0 Å². The van der Waals surface area contributed by atoms with E-state index in [-0.39, 0.29) is 0 Å². The first-order valence-corrected chi connectivity index (χ1v) is 5.78. The van der Waals surface area contributed by atoms with E-state index in [1.54, 1.807) is 0 Å². The number of nitrogens with two attached hydrogens (primary N) is 1. The van der Waals surface area contributed by atoms with E-state index in [0.29, 0.717) is 6.04 Å².